The monoisotopic (exact) mass is 490 g/mol. The Kier molecular flexibility index (Phi) is 8.66. The second-order valence-corrected chi connectivity index (χ2v) is 9.73. The van der Waals surface area contributed by atoms with Gasteiger partial charge in [-0.2, -0.15) is 0 Å². The molecule has 6 heteroatoms. The zero-order chi connectivity index (χ0) is 24.9. The van der Waals surface area contributed by atoms with Crippen molar-refractivity contribution >= 4 is 0 Å². The van der Waals surface area contributed by atoms with Gasteiger partial charge in [-0.15, -0.1) is 6.58 Å². The number of ether oxygens (including phenoxy) is 2. The Morgan fingerprint density at radius 3 is 2.20 bits per heavy atom. The smallest absolute Gasteiger partial charge is 0.167 e. The van der Waals surface area contributed by atoms with E-state index >= 15 is 8.78 Å². The van der Waals surface area contributed by atoms with E-state index in [4.69, 9.17) is 9.47 Å². The summed E-state index contributed by atoms with van der Waals surface area (Å²) >= 11 is 0. The molecular formula is C29H34F4O2. The van der Waals surface area contributed by atoms with Crippen molar-refractivity contribution in [1.29, 1.82) is 0 Å². The summed E-state index contributed by atoms with van der Waals surface area (Å²) in [5.41, 5.74) is -0.0191. The molecule has 190 valence electrons. The van der Waals surface area contributed by atoms with Crippen molar-refractivity contribution in [1.82, 2.24) is 0 Å². The molecule has 2 aromatic rings. The Balaban J connectivity index is 1.46. The average molecular weight is 491 g/mol. The zero-order valence-corrected chi connectivity index (χ0v) is 20.3. The van der Waals surface area contributed by atoms with E-state index in [0.717, 1.165) is 25.7 Å². The Labute approximate surface area is 205 Å². The number of halogens is 4. The third-order valence-electron chi connectivity index (χ3n) is 7.56. The molecular weight excluding hydrogens is 456 g/mol. The van der Waals surface area contributed by atoms with Gasteiger partial charge in [-0.1, -0.05) is 30.3 Å². The van der Waals surface area contributed by atoms with E-state index in [0.29, 0.717) is 50.4 Å². The van der Waals surface area contributed by atoms with E-state index < -0.39 is 23.3 Å². The first-order chi connectivity index (χ1) is 16.9. The van der Waals surface area contributed by atoms with Crippen LogP contribution in [-0.2, 0) is 15.9 Å². The highest BCUT2D eigenvalue weighted by Crippen LogP contribution is 2.38. The van der Waals surface area contributed by atoms with Crippen LogP contribution in [0.1, 0.15) is 68.9 Å². The van der Waals surface area contributed by atoms with Crippen molar-refractivity contribution in [2.45, 2.75) is 76.4 Å². The Hall–Kier alpha value is -2.18. The molecule has 0 spiro atoms. The van der Waals surface area contributed by atoms with Gasteiger partial charge in [0.15, 0.2) is 23.3 Å². The zero-order valence-electron chi connectivity index (χ0n) is 20.3. The van der Waals surface area contributed by atoms with E-state index in [2.05, 4.69) is 6.58 Å². The lowest BCUT2D eigenvalue weighted by Crippen LogP contribution is -2.25. The third kappa shape index (κ3) is 5.80. The molecule has 2 aliphatic rings. The minimum atomic E-state index is -1.15. The minimum Gasteiger partial charge on any atom is -0.379 e. The van der Waals surface area contributed by atoms with Crippen LogP contribution in [0.5, 0.6) is 0 Å². The summed E-state index contributed by atoms with van der Waals surface area (Å²) < 4.78 is 71.3. The van der Waals surface area contributed by atoms with Gasteiger partial charge in [0.1, 0.15) is 0 Å². The van der Waals surface area contributed by atoms with Crippen LogP contribution < -0.4 is 0 Å². The molecule has 0 aromatic heterocycles. The molecule has 0 bridgehead atoms. The van der Waals surface area contributed by atoms with Crippen LogP contribution >= 0.6 is 0 Å². The standard InChI is InChI=1S/C29H34F4O2/c1-3-18-5-10-22(35-17-18)13-8-20-9-14-24(28(32)26(20)30)25-16-15-23(27(31)29(25)33)19-6-11-21(12-7-19)34-4-2/h3,9,14-16,18-19,21-22H,1,4-8,10-13,17H2,2H3. The van der Waals surface area contributed by atoms with Crippen LogP contribution in [0.3, 0.4) is 0 Å². The van der Waals surface area contributed by atoms with Gasteiger partial charge in [-0.3, -0.25) is 0 Å². The van der Waals surface area contributed by atoms with Crippen LogP contribution in [0.15, 0.2) is 36.9 Å². The number of benzene rings is 2. The normalized spacial score (nSPS) is 24.9. The van der Waals surface area contributed by atoms with Gasteiger partial charge in [-0.05, 0) is 75.3 Å². The van der Waals surface area contributed by atoms with Gasteiger partial charge < -0.3 is 9.47 Å². The Morgan fingerprint density at radius 2 is 1.57 bits per heavy atom. The van der Waals surface area contributed by atoms with Crippen molar-refractivity contribution < 1.29 is 27.0 Å². The summed E-state index contributed by atoms with van der Waals surface area (Å²) in [5.74, 6) is -4.04. The summed E-state index contributed by atoms with van der Waals surface area (Å²) in [6.07, 6.45) is 7.74. The molecule has 2 nitrogen and oxygen atoms in total. The summed E-state index contributed by atoms with van der Waals surface area (Å²) in [6, 6.07) is 5.69. The quantitative estimate of drug-likeness (QED) is 0.277. The fourth-order valence-corrected chi connectivity index (χ4v) is 5.41. The lowest BCUT2D eigenvalue weighted by atomic mass is 9.82. The molecule has 1 heterocycles. The van der Waals surface area contributed by atoms with Crippen LogP contribution in [0.4, 0.5) is 17.6 Å². The van der Waals surface area contributed by atoms with Crippen molar-refractivity contribution in [3.8, 4) is 11.1 Å². The van der Waals surface area contributed by atoms with Gasteiger partial charge in [0.2, 0.25) is 0 Å². The highest BCUT2D eigenvalue weighted by molar-refractivity contribution is 5.66. The van der Waals surface area contributed by atoms with Gasteiger partial charge >= 0.3 is 0 Å². The molecule has 1 saturated heterocycles. The van der Waals surface area contributed by atoms with Crippen molar-refractivity contribution in [3.63, 3.8) is 0 Å². The molecule has 2 atom stereocenters. The highest BCUT2D eigenvalue weighted by atomic mass is 19.2. The summed E-state index contributed by atoms with van der Waals surface area (Å²) in [6.45, 7) is 6.96. The largest absolute Gasteiger partial charge is 0.379 e. The topological polar surface area (TPSA) is 18.5 Å². The SMILES string of the molecule is C=CC1CCC(CCc2ccc(-c3ccc(C4CCC(OCC)CC4)c(F)c3F)c(F)c2F)OC1. The lowest BCUT2D eigenvalue weighted by Gasteiger charge is -2.29. The van der Waals surface area contributed by atoms with Crippen LogP contribution in [0.25, 0.3) is 11.1 Å². The predicted octanol–water partition coefficient (Wildman–Crippen LogP) is 7.89. The van der Waals surface area contributed by atoms with Crippen molar-refractivity contribution in [3.05, 3.63) is 71.3 Å². The Morgan fingerprint density at radius 1 is 0.886 bits per heavy atom. The van der Waals surface area contributed by atoms with Gasteiger partial charge in [0.05, 0.1) is 18.8 Å². The molecule has 2 aromatic carbocycles. The number of rotatable bonds is 8. The maximum Gasteiger partial charge on any atom is 0.167 e. The first kappa shape index (κ1) is 25.9. The molecule has 0 N–H and O–H groups in total. The van der Waals surface area contributed by atoms with E-state index in [1.165, 1.54) is 24.3 Å². The number of hydrogen-bond donors (Lipinski definition) is 0. The molecule has 1 aliphatic heterocycles. The summed E-state index contributed by atoms with van der Waals surface area (Å²) in [4.78, 5) is 0. The second kappa shape index (κ2) is 11.7. The average Bonchev–Trinajstić information content (AvgIpc) is 2.88. The summed E-state index contributed by atoms with van der Waals surface area (Å²) in [5, 5.41) is 0. The first-order valence-corrected chi connectivity index (χ1v) is 12.7. The molecule has 0 radical (unpaired) electrons. The van der Waals surface area contributed by atoms with Crippen molar-refractivity contribution in [2.24, 2.45) is 5.92 Å². The third-order valence-corrected chi connectivity index (χ3v) is 7.56. The van der Waals surface area contributed by atoms with Crippen LogP contribution in [0, 0.1) is 29.2 Å². The van der Waals surface area contributed by atoms with E-state index in [9.17, 15) is 8.78 Å². The van der Waals surface area contributed by atoms with Gasteiger partial charge in [0, 0.05) is 23.7 Å². The molecule has 1 aliphatic carbocycles. The molecule has 35 heavy (non-hydrogen) atoms. The Bertz CT molecular complexity index is 1020. The number of aryl methyl sites for hydroxylation is 1. The number of hydrogen-bond acceptors (Lipinski definition) is 2. The first-order valence-electron chi connectivity index (χ1n) is 12.7. The maximum atomic E-state index is 15.1. The minimum absolute atomic E-state index is 0.00368. The van der Waals surface area contributed by atoms with E-state index in [1.807, 2.05) is 13.0 Å². The molecule has 0 amide bonds. The maximum absolute atomic E-state index is 15.1. The van der Waals surface area contributed by atoms with Crippen LogP contribution in [-0.4, -0.2) is 25.4 Å². The lowest BCUT2D eigenvalue weighted by molar-refractivity contribution is -0.00789. The van der Waals surface area contributed by atoms with Crippen LogP contribution in [0.2, 0.25) is 0 Å². The van der Waals surface area contributed by atoms with Gasteiger partial charge in [0.25, 0.3) is 0 Å². The fourth-order valence-electron chi connectivity index (χ4n) is 5.41. The van der Waals surface area contributed by atoms with E-state index in [1.54, 1.807) is 0 Å². The van der Waals surface area contributed by atoms with Crippen molar-refractivity contribution in [2.75, 3.05) is 13.2 Å². The fraction of sp³-hybridized carbons (Fsp3) is 0.517. The van der Waals surface area contributed by atoms with Gasteiger partial charge in [-0.25, -0.2) is 17.6 Å². The molecule has 4 rings (SSSR count). The highest BCUT2D eigenvalue weighted by Gasteiger charge is 2.28. The van der Waals surface area contributed by atoms with E-state index in [-0.39, 0.29) is 34.8 Å². The molecule has 1 saturated carbocycles. The second-order valence-electron chi connectivity index (χ2n) is 9.73. The summed E-state index contributed by atoms with van der Waals surface area (Å²) in [7, 11) is 0. The molecule has 2 unspecified atom stereocenters. The molecule has 2 fully saturated rings. The predicted molar refractivity (Wildman–Crippen MR) is 129 cm³/mol.